The van der Waals surface area contributed by atoms with Gasteiger partial charge in [-0.25, -0.2) is 4.98 Å². The van der Waals surface area contributed by atoms with Crippen LogP contribution in [0.15, 0.2) is 29.9 Å². The highest BCUT2D eigenvalue weighted by molar-refractivity contribution is 7.13. The molecule has 0 aliphatic rings. The highest BCUT2D eigenvalue weighted by Gasteiger charge is 2.03. The first-order chi connectivity index (χ1) is 7.90. The molecule has 0 spiro atoms. The molecule has 2 heterocycles. The number of nitrogens with zero attached hydrogens (tertiary/aromatic N) is 2. The summed E-state index contributed by atoms with van der Waals surface area (Å²) in [6.45, 7) is 1.64. The molecule has 2 aromatic rings. The third kappa shape index (κ3) is 2.85. The summed E-state index contributed by atoms with van der Waals surface area (Å²) in [5.74, 6) is 0. The van der Waals surface area contributed by atoms with Gasteiger partial charge in [0, 0.05) is 29.9 Å². The third-order valence-corrected chi connectivity index (χ3v) is 2.93. The molecule has 0 amide bonds. The van der Waals surface area contributed by atoms with Gasteiger partial charge in [0.2, 0.25) is 0 Å². The predicted octanol–water partition coefficient (Wildman–Crippen LogP) is 1.68. The molecule has 5 heteroatoms. The van der Waals surface area contributed by atoms with Crippen LogP contribution in [0.2, 0.25) is 0 Å². The number of hydrogen-bond acceptors (Lipinski definition) is 5. The molecule has 0 fully saturated rings. The number of pyridine rings is 1. The fraction of sp³-hybridized carbons (Fsp3) is 0.273. The first-order valence-electron chi connectivity index (χ1n) is 5.03. The van der Waals surface area contributed by atoms with Crippen molar-refractivity contribution in [3.63, 3.8) is 0 Å². The van der Waals surface area contributed by atoms with Crippen molar-refractivity contribution in [1.82, 2.24) is 9.97 Å². The van der Waals surface area contributed by atoms with Crippen molar-refractivity contribution >= 4 is 11.3 Å². The zero-order valence-corrected chi connectivity index (χ0v) is 9.61. The highest BCUT2D eigenvalue weighted by Crippen LogP contribution is 2.22. The van der Waals surface area contributed by atoms with Gasteiger partial charge in [0.1, 0.15) is 5.01 Å². The van der Waals surface area contributed by atoms with E-state index in [2.05, 4.69) is 9.97 Å². The zero-order chi connectivity index (χ0) is 11.2. The summed E-state index contributed by atoms with van der Waals surface area (Å²) in [4.78, 5) is 8.45. The van der Waals surface area contributed by atoms with Gasteiger partial charge in [-0.05, 0) is 12.1 Å². The average Bonchev–Trinajstić information content (AvgIpc) is 2.79. The Hall–Kier alpha value is -1.30. The summed E-state index contributed by atoms with van der Waals surface area (Å²) in [6, 6.07) is 3.90. The molecular weight excluding hydrogens is 222 g/mol. The van der Waals surface area contributed by atoms with Crippen LogP contribution in [0.1, 0.15) is 5.69 Å². The van der Waals surface area contributed by atoms with Crippen molar-refractivity contribution in [2.75, 3.05) is 13.2 Å². The standard InChI is InChI=1S/C11H13N3OS/c12-3-6-15-7-10-8-16-11(14-10)9-1-4-13-5-2-9/h1-2,4-5,8H,3,6-7,12H2. The van der Waals surface area contributed by atoms with Crippen LogP contribution in [0.3, 0.4) is 0 Å². The maximum Gasteiger partial charge on any atom is 0.123 e. The van der Waals surface area contributed by atoms with Crippen LogP contribution >= 0.6 is 11.3 Å². The topological polar surface area (TPSA) is 61.0 Å². The van der Waals surface area contributed by atoms with E-state index in [-0.39, 0.29) is 0 Å². The number of hydrogen-bond donors (Lipinski definition) is 1. The van der Waals surface area contributed by atoms with Gasteiger partial charge in [-0.2, -0.15) is 0 Å². The molecule has 0 saturated heterocycles. The molecule has 0 aliphatic heterocycles. The monoisotopic (exact) mass is 235 g/mol. The van der Waals surface area contributed by atoms with Gasteiger partial charge in [-0.1, -0.05) is 0 Å². The molecule has 0 radical (unpaired) electrons. The maximum atomic E-state index is 5.34. The molecular formula is C11H13N3OS. The molecule has 0 unspecified atom stereocenters. The van der Waals surface area contributed by atoms with Crippen molar-refractivity contribution in [2.45, 2.75) is 6.61 Å². The first kappa shape index (κ1) is 11.2. The van der Waals surface area contributed by atoms with Gasteiger partial charge >= 0.3 is 0 Å². The van der Waals surface area contributed by atoms with Crippen LogP contribution in [0, 0.1) is 0 Å². The van der Waals surface area contributed by atoms with E-state index >= 15 is 0 Å². The second-order valence-corrected chi connectivity index (χ2v) is 4.08. The lowest BCUT2D eigenvalue weighted by Crippen LogP contribution is -2.08. The quantitative estimate of drug-likeness (QED) is 0.801. The van der Waals surface area contributed by atoms with Crippen LogP contribution < -0.4 is 5.73 Å². The molecule has 0 aromatic carbocycles. The minimum absolute atomic E-state index is 0.527. The Bertz CT molecular complexity index is 430. The van der Waals surface area contributed by atoms with Crippen LogP contribution in [0.25, 0.3) is 10.6 Å². The van der Waals surface area contributed by atoms with Crippen molar-refractivity contribution in [3.05, 3.63) is 35.6 Å². The van der Waals surface area contributed by atoms with E-state index in [4.69, 9.17) is 10.5 Å². The van der Waals surface area contributed by atoms with Crippen LogP contribution in [-0.4, -0.2) is 23.1 Å². The second-order valence-electron chi connectivity index (χ2n) is 3.22. The number of thiazole rings is 1. The molecule has 0 aliphatic carbocycles. The molecule has 2 N–H and O–H groups in total. The summed E-state index contributed by atoms with van der Waals surface area (Å²) in [7, 11) is 0. The van der Waals surface area contributed by atoms with Gasteiger partial charge in [0.15, 0.2) is 0 Å². The van der Waals surface area contributed by atoms with Gasteiger partial charge in [-0.15, -0.1) is 11.3 Å². The molecule has 0 bridgehead atoms. The Morgan fingerprint density at radius 3 is 2.88 bits per heavy atom. The predicted molar refractivity (Wildman–Crippen MR) is 64.1 cm³/mol. The summed E-state index contributed by atoms with van der Waals surface area (Å²) in [5.41, 5.74) is 7.38. The van der Waals surface area contributed by atoms with E-state index in [9.17, 15) is 0 Å². The van der Waals surface area contributed by atoms with Gasteiger partial charge in [0.25, 0.3) is 0 Å². The number of rotatable bonds is 5. The lowest BCUT2D eigenvalue weighted by molar-refractivity contribution is 0.126. The average molecular weight is 235 g/mol. The highest BCUT2D eigenvalue weighted by atomic mass is 32.1. The summed E-state index contributed by atoms with van der Waals surface area (Å²) < 4.78 is 5.32. The van der Waals surface area contributed by atoms with Gasteiger partial charge in [-0.3, -0.25) is 4.98 Å². The molecule has 2 rings (SSSR count). The summed E-state index contributed by atoms with van der Waals surface area (Å²) in [6.07, 6.45) is 3.53. The first-order valence-corrected chi connectivity index (χ1v) is 5.90. The molecule has 0 saturated carbocycles. The van der Waals surface area contributed by atoms with Crippen LogP contribution in [-0.2, 0) is 11.3 Å². The van der Waals surface area contributed by atoms with E-state index in [1.54, 1.807) is 23.7 Å². The molecule has 4 nitrogen and oxygen atoms in total. The van der Waals surface area contributed by atoms with Crippen LogP contribution in [0.5, 0.6) is 0 Å². The fourth-order valence-corrected chi connectivity index (χ4v) is 2.07. The SMILES string of the molecule is NCCOCc1csc(-c2ccncc2)n1. The van der Waals surface area contributed by atoms with Crippen molar-refractivity contribution in [2.24, 2.45) is 5.73 Å². The van der Waals surface area contributed by atoms with Gasteiger partial charge in [0.05, 0.1) is 18.9 Å². The maximum absolute atomic E-state index is 5.34. The number of ether oxygens (including phenoxy) is 1. The lowest BCUT2D eigenvalue weighted by atomic mass is 10.3. The third-order valence-electron chi connectivity index (χ3n) is 1.99. The van der Waals surface area contributed by atoms with E-state index in [0.717, 1.165) is 16.3 Å². The molecule has 0 atom stereocenters. The Labute approximate surface area is 98.1 Å². The Balaban J connectivity index is 2.02. The smallest absolute Gasteiger partial charge is 0.123 e. The van der Waals surface area contributed by atoms with E-state index < -0.39 is 0 Å². The van der Waals surface area contributed by atoms with Crippen molar-refractivity contribution in [1.29, 1.82) is 0 Å². The molecule has 16 heavy (non-hydrogen) atoms. The largest absolute Gasteiger partial charge is 0.374 e. The molecule has 2 aromatic heterocycles. The van der Waals surface area contributed by atoms with E-state index in [1.807, 2.05) is 17.5 Å². The summed E-state index contributed by atoms with van der Waals surface area (Å²) >= 11 is 1.61. The normalized spacial score (nSPS) is 10.6. The zero-order valence-electron chi connectivity index (χ0n) is 8.80. The minimum Gasteiger partial charge on any atom is -0.374 e. The second kappa shape index (κ2) is 5.69. The minimum atomic E-state index is 0.527. The van der Waals surface area contributed by atoms with E-state index in [1.165, 1.54) is 0 Å². The fourth-order valence-electron chi connectivity index (χ4n) is 1.26. The van der Waals surface area contributed by atoms with Crippen LogP contribution in [0.4, 0.5) is 0 Å². The lowest BCUT2D eigenvalue weighted by Gasteiger charge is -1.98. The Morgan fingerprint density at radius 1 is 1.31 bits per heavy atom. The van der Waals surface area contributed by atoms with E-state index in [0.29, 0.717) is 19.8 Å². The van der Waals surface area contributed by atoms with Crippen molar-refractivity contribution < 1.29 is 4.74 Å². The summed E-state index contributed by atoms with van der Waals surface area (Å²) in [5, 5.41) is 3.00. The Morgan fingerprint density at radius 2 is 2.12 bits per heavy atom. The Kier molecular flexibility index (Phi) is 3.98. The number of nitrogens with two attached hydrogens (primary N) is 1. The van der Waals surface area contributed by atoms with Crippen molar-refractivity contribution in [3.8, 4) is 10.6 Å². The van der Waals surface area contributed by atoms with Gasteiger partial charge < -0.3 is 10.5 Å². The molecule has 84 valence electrons. The number of aromatic nitrogens is 2.